The number of rotatable bonds is 6. The van der Waals surface area contributed by atoms with Gasteiger partial charge in [-0.3, -0.25) is 10.1 Å². The van der Waals surface area contributed by atoms with E-state index in [0.29, 0.717) is 11.1 Å². The van der Waals surface area contributed by atoms with Gasteiger partial charge in [0.1, 0.15) is 12.0 Å². The summed E-state index contributed by atoms with van der Waals surface area (Å²) >= 11 is 1.83. The van der Waals surface area contributed by atoms with E-state index in [0.717, 1.165) is 5.56 Å². The van der Waals surface area contributed by atoms with Crippen LogP contribution in [0.15, 0.2) is 47.5 Å². The van der Waals surface area contributed by atoms with Gasteiger partial charge in [0.25, 0.3) is 5.69 Å². The van der Waals surface area contributed by atoms with Gasteiger partial charge >= 0.3 is 0 Å². The summed E-state index contributed by atoms with van der Waals surface area (Å²) in [6.07, 6.45) is 1.26. The van der Waals surface area contributed by atoms with Gasteiger partial charge < -0.3 is 5.32 Å². The fourth-order valence-electron chi connectivity index (χ4n) is 1.99. The standard InChI is InChI=1S/C16H19N3O2S/c1-11(2)22-15-7-4-13(5-8-15)12(3)18-16-9-6-14(10-17-16)19(20)21/h4-12H,1-3H3,(H,17,18). The maximum atomic E-state index is 10.6. The molecule has 0 aliphatic heterocycles. The lowest BCUT2D eigenvalue weighted by Gasteiger charge is -2.15. The van der Waals surface area contributed by atoms with Crippen molar-refractivity contribution in [1.29, 1.82) is 0 Å². The van der Waals surface area contributed by atoms with Crippen LogP contribution in [-0.4, -0.2) is 15.2 Å². The van der Waals surface area contributed by atoms with Crippen LogP contribution in [0.2, 0.25) is 0 Å². The Morgan fingerprint density at radius 1 is 1.14 bits per heavy atom. The monoisotopic (exact) mass is 317 g/mol. The Bertz CT molecular complexity index is 627. The van der Waals surface area contributed by atoms with Gasteiger partial charge in [-0.2, -0.15) is 0 Å². The maximum absolute atomic E-state index is 10.6. The first-order chi connectivity index (χ1) is 10.5. The van der Waals surface area contributed by atoms with E-state index in [-0.39, 0.29) is 11.7 Å². The molecule has 22 heavy (non-hydrogen) atoms. The molecule has 0 bridgehead atoms. The number of benzene rings is 1. The van der Waals surface area contributed by atoms with Crippen LogP contribution in [0.25, 0.3) is 0 Å². The first kappa shape index (κ1) is 16.3. The molecule has 0 aliphatic carbocycles. The van der Waals surface area contributed by atoms with Crippen LogP contribution in [0, 0.1) is 10.1 Å². The zero-order valence-electron chi connectivity index (χ0n) is 12.8. The molecule has 0 aliphatic rings. The average molecular weight is 317 g/mol. The quantitative estimate of drug-likeness (QED) is 0.476. The largest absolute Gasteiger partial charge is 0.364 e. The maximum Gasteiger partial charge on any atom is 0.287 e. The highest BCUT2D eigenvalue weighted by Crippen LogP contribution is 2.25. The SMILES string of the molecule is CC(C)Sc1ccc(C(C)Nc2ccc([N+](=O)[O-])cn2)cc1. The zero-order valence-corrected chi connectivity index (χ0v) is 13.6. The number of aromatic nitrogens is 1. The third-order valence-corrected chi connectivity index (χ3v) is 4.09. The summed E-state index contributed by atoms with van der Waals surface area (Å²) in [7, 11) is 0. The summed E-state index contributed by atoms with van der Waals surface area (Å²) in [6.45, 7) is 6.37. The van der Waals surface area contributed by atoms with Gasteiger partial charge in [0.2, 0.25) is 0 Å². The number of nitro groups is 1. The molecule has 1 N–H and O–H groups in total. The first-order valence-electron chi connectivity index (χ1n) is 7.09. The number of pyridine rings is 1. The summed E-state index contributed by atoms with van der Waals surface area (Å²) < 4.78 is 0. The van der Waals surface area contributed by atoms with E-state index in [1.54, 1.807) is 6.07 Å². The van der Waals surface area contributed by atoms with Crippen LogP contribution in [-0.2, 0) is 0 Å². The van der Waals surface area contributed by atoms with Gasteiger partial charge in [-0.15, -0.1) is 11.8 Å². The predicted molar refractivity (Wildman–Crippen MR) is 90.4 cm³/mol. The molecule has 1 aromatic carbocycles. The molecular weight excluding hydrogens is 298 g/mol. The highest BCUT2D eigenvalue weighted by atomic mass is 32.2. The van der Waals surface area contributed by atoms with Crippen LogP contribution >= 0.6 is 11.8 Å². The molecule has 0 spiro atoms. The molecule has 2 aromatic rings. The molecule has 1 unspecified atom stereocenters. The summed E-state index contributed by atoms with van der Waals surface area (Å²) in [6, 6.07) is 11.6. The van der Waals surface area contributed by atoms with E-state index in [2.05, 4.69) is 48.4 Å². The predicted octanol–water partition coefficient (Wildman–Crippen LogP) is 4.66. The van der Waals surface area contributed by atoms with Crippen LogP contribution < -0.4 is 5.32 Å². The summed E-state index contributed by atoms with van der Waals surface area (Å²) in [5, 5.41) is 14.4. The lowest BCUT2D eigenvalue weighted by molar-refractivity contribution is -0.385. The Labute approximate surface area is 134 Å². The fraction of sp³-hybridized carbons (Fsp3) is 0.312. The molecule has 0 radical (unpaired) electrons. The molecule has 6 heteroatoms. The van der Waals surface area contributed by atoms with Crippen molar-refractivity contribution in [2.45, 2.75) is 37.0 Å². The number of anilines is 1. The minimum Gasteiger partial charge on any atom is -0.364 e. The minimum absolute atomic E-state index is 0.00623. The Kier molecular flexibility index (Phi) is 5.38. The second kappa shape index (κ2) is 7.26. The normalized spacial score (nSPS) is 12.2. The van der Waals surface area contributed by atoms with Crippen LogP contribution in [0.5, 0.6) is 0 Å². The summed E-state index contributed by atoms with van der Waals surface area (Å²) in [5.41, 5.74) is 1.14. The number of thioether (sulfide) groups is 1. The fourth-order valence-corrected chi connectivity index (χ4v) is 2.83. The van der Waals surface area contributed by atoms with Crippen molar-refractivity contribution in [3.8, 4) is 0 Å². The van der Waals surface area contributed by atoms with Gasteiger partial charge in [-0.05, 0) is 30.7 Å². The average Bonchev–Trinajstić information content (AvgIpc) is 2.48. The number of hydrogen-bond acceptors (Lipinski definition) is 5. The molecule has 0 amide bonds. The smallest absolute Gasteiger partial charge is 0.287 e. The number of hydrogen-bond donors (Lipinski definition) is 1. The third-order valence-electron chi connectivity index (χ3n) is 3.07. The van der Waals surface area contributed by atoms with Gasteiger partial charge in [0.15, 0.2) is 0 Å². The van der Waals surface area contributed by atoms with Gasteiger partial charge in [-0.25, -0.2) is 4.98 Å². The van der Waals surface area contributed by atoms with Crippen LogP contribution in [0.1, 0.15) is 32.4 Å². The van der Waals surface area contributed by atoms with Gasteiger partial charge in [0, 0.05) is 22.3 Å². The first-order valence-corrected chi connectivity index (χ1v) is 7.97. The molecule has 1 aromatic heterocycles. The highest BCUT2D eigenvalue weighted by Gasteiger charge is 2.09. The van der Waals surface area contributed by atoms with Crippen LogP contribution in [0.3, 0.4) is 0 Å². The van der Waals surface area contributed by atoms with E-state index in [9.17, 15) is 10.1 Å². The molecule has 0 saturated carbocycles. The Morgan fingerprint density at radius 3 is 2.32 bits per heavy atom. The van der Waals surface area contributed by atoms with Crippen LogP contribution in [0.4, 0.5) is 11.5 Å². The molecule has 2 rings (SSSR count). The zero-order chi connectivity index (χ0) is 16.1. The highest BCUT2D eigenvalue weighted by molar-refractivity contribution is 7.99. The van der Waals surface area contributed by atoms with Crippen molar-refractivity contribution < 1.29 is 4.92 Å². The Balaban J connectivity index is 2.02. The molecule has 1 atom stereocenters. The van der Waals surface area contributed by atoms with E-state index < -0.39 is 4.92 Å². The van der Waals surface area contributed by atoms with Crippen molar-refractivity contribution >= 4 is 23.3 Å². The number of nitrogens with one attached hydrogen (secondary N) is 1. The van der Waals surface area contributed by atoms with E-state index >= 15 is 0 Å². The molecule has 0 fully saturated rings. The molecule has 1 heterocycles. The molecule has 0 saturated heterocycles. The molecular formula is C16H19N3O2S. The lowest BCUT2D eigenvalue weighted by atomic mass is 10.1. The third kappa shape index (κ3) is 4.46. The van der Waals surface area contributed by atoms with Gasteiger partial charge in [-0.1, -0.05) is 26.0 Å². The lowest BCUT2D eigenvalue weighted by Crippen LogP contribution is -2.07. The van der Waals surface area contributed by atoms with Crippen molar-refractivity contribution in [3.63, 3.8) is 0 Å². The van der Waals surface area contributed by atoms with Crippen molar-refractivity contribution in [2.24, 2.45) is 0 Å². The Morgan fingerprint density at radius 2 is 1.82 bits per heavy atom. The summed E-state index contributed by atoms with van der Waals surface area (Å²) in [4.78, 5) is 15.5. The van der Waals surface area contributed by atoms with E-state index in [1.807, 2.05) is 18.7 Å². The topological polar surface area (TPSA) is 68.1 Å². The van der Waals surface area contributed by atoms with E-state index in [4.69, 9.17) is 0 Å². The van der Waals surface area contributed by atoms with Crippen molar-refractivity contribution in [1.82, 2.24) is 4.98 Å². The second-order valence-corrected chi connectivity index (χ2v) is 6.91. The van der Waals surface area contributed by atoms with E-state index in [1.165, 1.54) is 17.2 Å². The van der Waals surface area contributed by atoms with Crippen molar-refractivity contribution in [2.75, 3.05) is 5.32 Å². The molecule has 116 valence electrons. The second-order valence-electron chi connectivity index (χ2n) is 5.26. The molecule has 5 nitrogen and oxygen atoms in total. The number of nitrogens with zero attached hydrogens (tertiary/aromatic N) is 2. The Hall–Kier alpha value is -2.08. The minimum atomic E-state index is -0.453. The summed E-state index contributed by atoms with van der Waals surface area (Å²) in [5.74, 6) is 0.624. The van der Waals surface area contributed by atoms with Crippen molar-refractivity contribution in [3.05, 3.63) is 58.3 Å². The van der Waals surface area contributed by atoms with Gasteiger partial charge in [0.05, 0.1) is 4.92 Å².